The lowest BCUT2D eigenvalue weighted by molar-refractivity contribution is -0.137. The highest BCUT2D eigenvalue weighted by Gasteiger charge is 2.42. The summed E-state index contributed by atoms with van der Waals surface area (Å²) < 4.78 is 68.6. The van der Waals surface area contributed by atoms with E-state index >= 15 is 0 Å². The quantitative estimate of drug-likeness (QED) is 0.414. The second-order valence-corrected chi connectivity index (χ2v) is 10.0. The van der Waals surface area contributed by atoms with Crippen LogP contribution in [-0.2, 0) is 21.0 Å². The van der Waals surface area contributed by atoms with Gasteiger partial charge in [-0.25, -0.2) is 12.7 Å². The number of carbonyl (C=O) groups is 1. The predicted octanol–water partition coefficient (Wildman–Crippen LogP) is 6.19. The van der Waals surface area contributed by atoms with Crippen molar-refractivity contribution in [3.63, 3.8) is 0 Å². The fourth-order valence-corrected chi connectivity index (χ4v) is 5.77. The highest BCUT2D eigenvalue weighted by Crippen LogP contribution is 2.47. The number of carbonyl (C=O) groups excluding carboxylic acids is 1. The molecule has 8 heteroatoms. The van der Waals surface area contributed by atoms with E-state index in [1.807, 2.05) is 18.2 Å². The molecule has 0 saturated heterocycles. The summed E-state index contributed by atoms with van der Waals surface area (Å²) in [6, 6.07) is 17.7. The van der Waals surface area contributed by atoms with Crippen molar-refractivity contribution in [3.05, 3.63) is 108 Å². The van der Waals surface area contributed by atoms with Crippen molar-refractivity contribution in [1.82, 2.24) is 0 Å². The fourth-order valence-electron chi connectivity index (χ4n) is 4.32. The minimum Gasteiger partial charge on any atom is -0.273 e. The van der Waals surface area contributed by atoms with Crippen LogP contribution in [0.3, 0.4) is 0 Å². The van der Waals surface area contributed by atoms with Crippen molar-refractivity contribution < 1.29 is 26.4 Å². The Hall–Kier alpha value is -3.39. The van der Waals surface area contributed by atoms with Gasteiger partial charge in [0.2, 0.25) is 5.91 Å². The minimum absolute atomic E-state index is 0.178. The number of nitrogens with zero attached hydrogens (tertiary/aromatic N) is 1. The van der Waals surface area contributed by atoms with Gasteiger partial charge >= 0.3 is 6.18 Å². The normalized spacial score (nSPS) is 18.8. The van der Waals surface area contributed by atoms with E-state index in [2.05, 4.69) is 6.58 Å². The number of anilines is 1. The third-order valence-corrected chi connectivity index (χ3v) is 7.78. The van der Waals surface area contributed by atoms with E-state index in [-0.39, 0.29) is 17.0 Å². The average molecular weight is 486 g/mol. The van der Waals surface area contributed by atoms with Gasteiger partial charge in [-0.05, 0) is 42.3 Å². The molecule has 1 aliphatic heterocycles. The molecule has 3 aromatic carbocycles. The van der Waals surface area contributed by atoms with Gasteiger partial charge in [-0.15, -0.1) is 6.58 Å². The number of benzene rings is 3. The van der Waals surface area contributed by atoms with Gasteiger partial charge in [0.05, 0.1) is 16.1 Å². The molecule has 0 aromatic heterocycles. The topological polar surface area (TPSA) is 54.5 Å². The first-order chi connectivity index (χ1) is 16.0. The molecule has 0 saturated carbocycles. The van der Waals surface area contributed by atoms with E-state index in [4.69, 9.17) is 0 Å². The van der Waals surface area contributed by atoms with Crippen molar-refractivity contribution in [2.24, 2.45) is 0 Å². The van der Waals surface area contributed by atoms with Gasteiger partial charge < -0.3 is 0 Å². The standard InChI is InChI=1S/C26H22F3NO3S/c1-3-21-22-14-11-19(26(27,28)29)15-24(22)30(34(32,33)20-12-9-17(2)10-13-20)25(31)16-23(21)18-7-5-4-6-8-18/h3-15,21,23H,1,16H2,2H3/t21-,23+/m0/s1. The van der Waals surface area contributed by atoms with E-state index in [1.165, 1.54) is 18.2 Å². The Morgan fingerprint density at radius 1 is 1.00 bits per heavy atom. The lowest BCUT2D eigenvalue weighted by Crippen LogP contribution is -2.37. The summed E-state index contributed by atoms with van der Waals surface area (Å²) >= 11 is 0. The number of hydrogen-bond donors (Lipinski definition) is 0. The molecule has 0 fully saturated rings. The maximum absolute atomic E-state index is 13.6. The minimum atomic E-state index is -4.72. The van der Waals surface area contributed by atoms with Crippen LogP contribution in [0.5, 0.6) is 0 Å². The molecule has 34 heavy (non-hydrogen) atoms. The average Bonchev–Trinajstić information content (AvgIpc) is 2.92. The molecule has 0 bridgehead atoms. The monoisotopic (exact) mass is 485 g/mol. The van der Waals surface area contributed by atoms with Crippen LogP contribution in [0.15, 0.2) is 90.3 Å². The molecule has 1 amide bonds. The number of sulfonamides is 1. The predicted molar refractivity (Wildman–Crippen MR) is 124 cm³/mol. The molecular formula is C26H22F3NO3S. The number of alkyl halides is 3. The molecule has 4 nitrogen and oxygen atoms in total. The van der Waals surface area contributed by atoms with Crippen molar-refractivity contribution >= 4 is 21.6 Å². The van der Waals surface area contributed by atoms with E-state index in [0.717, 1.165) is 23.3 Å². The third-order valence-electron chi connectivity index (χ3n) is 6.03. The first kappa shape index (κ1) is 23.8. The van der Waals surface area contributed by atoms with Gasteiger partial charge in [0.15, 0.2) is 0 Å². The van der Waals surface area contributed by atoms with E-state index in [9.17, 15) is 26.4 Å². The van der Waals surface area contributed by atoms with Crippen LogP contribution in [0.4, 0.5) is 18.9 Å². The summed E-state index contributed by atoms with van der Waals surface area (Å²) in [5.74, 6) is -1.89. The fraction of sp³-hybridized carbons (Fsp3) is 0.192. The number of halogens is 3. The molecule has 0 spiro atoms. The van der Waals surface area contributed by atoms with Crippen LogP contribution in [-0.4, -0.2) is 14.3 Å². The SMILES string of the molecule is C=C[C@H]1c2ccc(C(F)(F)F)cc2N(S(=O)(=O)c2ccc(C)cc2)C(=O)C[C@@H]1c1ccccc1. The Kier molecular flexibility index (Phi) is 6.12. The zero-order chi connectivity index (χ0) is 24.7. The van der Waals surface area contributed by atoms with Gasteiger partial charge in [0.25, 0.3) is 10.0 Å². The first-order valence-electron chi connectivity index (χ1n) is 10.6. The lowest BCUT2D eigenvalue weighted by Gasteiger charge is -2.25. The number of allylic oxidation sites excluding steroid dienone is 1. The maximum atomic E-state index is 13.6. The molecule has 0 unspecified atom stereocenters. The molecule has 0 radical (unpaired) electrons. The van der Waals surface area contributed by atoms with Crippen molar-refractivity contribution in [3.8, 4) is 0 Å². The summed E-state index contributed by atoms with van der Waals surface area (Å²) in [5, 5.41) is 0. The Morgan fingerprint density at radius 3 is 2.24 bits per heavy atom. The number of aryl methyl sites for hydroxylation is 1. The summed E-state index contributed by atoms with van der Waals surface area (Å²) in [6.45, 7) is 5.63. The van der Waals surface area contributed by atoms with Crippen LogP contribution in [0.2, 0.25) is 0 Å². The summed E-state index contributed by atoms with van der Waals surface area (Å²) in [4.78, 5) is 13.3. The lowest BCUT2D eigenvalue weighted by atomic mass is 9.79. The number of hydrogen-bond acceptors (Lipinski definition) is 3. The van der Waals surface area contributed by atoms with Gasteiger partial charge in [-0.2, -0.15) is 13.2 Å². The molecule has 0 N–H and O–H groups in total. The second-order valence-electron chi connectivity index (χ2n) is 8.23. The molecule has 3 aromatic rings. The highest BCUT2D eigenvalue weighted by molar-refractivity contribution is 7.93. The largest absolute Gasteiger partial charge is 0.416 e. The zero-order valence-electron chi connectivity index (χ0n) is 18.3. The van der Waals surface area contributed by atoms with Gasteiger partial charge in [-0.1, -0.05) is 60.2 Å². The Labute approximate surface area is 196 Å². The number of amides is 1. The summed E-state index contributed by atoms with van der Waals surface area (Å²) in [5.41, 5.74) is 0.518. The molecule has 176 valence electrons. The van der Waals surface area contributed by atoms with Crippen LogP contribution in [0.1, 0.15) is 40.5 Å². The zero-order valence-corrected chi connectivity index (χ0v) is 19.1. The molecule has 0 aliphatic carbocycles. The van der Waals surface area contributed by atoms with Crippen LogP contribution in [0.25, 0.3) is 0 Å². The molecule has 2 atom stereocenters. The Morgan fingerprint density at radius 2 is 1.65 bits per heavy atom. The number of fused-ring (bicyclic) bond motifs is 1. The van der Waals surface area contributed by atoms with E-state index in [1.54, 1.807) is 37.3 Å². The second kappa shape index (κ2) is 8.76. The smallest absolute Gasteiger partial charge is 0.273 e. The summed E-state index contributed by atoms with van der Waals surface area (Å²) in [6.07, 6.45) is -3.38. The molecular weight excluding hydrogens is 463 g/mol. The Balaban J connectivity index is 1.98. The van der Waals surface area contributed by atoms with Crippen molar-refractivity contribution in [1.29, 1.82) is 0 Å². The Bertz CT molecular complexity index is 1330. The van der Waals surface area contributed by atoms with E-state index in [0.29, 0.717) is 9.87 Å². The highest BCUT2D eigenvalue weighted by atomic mass is 32.2. The van der Waals surface area contributed by atoms with Crippen molar-refractivity contribution in [2.75, 3.05) is 4.31 Å². The van der Waals surface area contributed by atoms with E-state index < -0.39 is 39.5 Å². The molecule has 1 aliphatic rings. The van der Waals surface area contributed by atoms with Gasteiger partial charge in [0.1, 0.15) is 0 Å². The van der Waals surface area contributed by atoms with Gasteiger partial charge in [0, 0.05) is 18.3 Å². The number of rotatable bonds is 4. The third kappa shape index (κ3) is 4.25. The summed E-state index contributed by atoms with van der Waals surface area (Å²) in [7, 11) is -4.48. The maximum Gasteiger partial charge on any atom is 0.416 e. The molecule has 1 heterocycles. The van der Waals surface area contributed by atoms with Crippen LogP contribution in [0, 0.1) is 6.92 Å². The first-order valence-corrected chi connectivity index (χ1v) is 12.0. The van der Waals surface area contributed by atoms with Crippen LogP contribution >= 0.6 is 0 Å². The molecule has 4 rings (SSSR count). The van der Waals surface area contributed by atoms with Crippen molar-refractivity contribution in [2.45, 2.75) is 36.3 Å². The van der Waals surface area contributed by atoms with Gasteiger partial charge in [-0.3, -0.25) is 4.79 Å². The van der Waals surface area contributed by atoms with Crippen LogP contribution < -0.4 is 4.31 Å².